The van der Waals surface area contributed by atoms with Crippen LogP contribution in [0.1, 0.15) is 29.0 Å². The monoisotopic (exact) mass is 295 g/mol. The van der Waals surface area contributed by atoms with E-state index in [4.69, 9.17) is 11.6 Å². The fraction of sp³-hybridized carbons (Fsp3) is 0.333. The van der Waals surface area contributed by atoms with Crippen LogP contribution in [0.15, 0.2) is 30.3 Å². The van der Waals surface area contributed by atoms with Crippen LogP contribution in [0.2, 0.25) is 4.34 Å². The molecule has 0 saturated heterocycles. The van der Waals surface area contributed by atoms with E-state index in [9.17, 15) is 5.11 Å². The average Bonchev–Trinajstić information content (AvgIpc) is 2.78. The molecule has 4 heteroatoms. The van der Waals surface area contributed by atoms with Crippen LogP contribution in [0, 0.1) is 6.92 Å². The summed E-state index contributed by atoms with van der Waals surface area (Å²) in [7, 11) is 0. The standard InChI is InChI=1S/C15H18ClNOS/c1-10-3-5-14(18)13(9-10)11(2)17-8-7-12-4-6-15(16)19-12/h3-6,9,11,17-18H,7-8H2,1-2H3. The fourth-order valence-electron chi connectivity index (χ4n) is 2.03. The van der Waals surface area contributed by atoms with Gasteiger partial charge in [-0.25, -0.2) is 0 Å². The van der Waals surface area contributed by atoms with Gasteiger partial charge in [-0.15, -0.1) is 11.3 Å². The van der Waals surface area contributed by atoms with Crippen molar-refractivity contribution in [2.24, 2.45) is 0 Å². The van der Waals surface area contributed by atoms with Crippen molar-refractivity contribution in [3.63, 3.8) is 0 Å². The number of thiophene rings is 1. The molecule has 2 rings (SSSR count). The van der Waals surface area contributed by atoms with Crippen LogP contribution in [0.25, 0.3) is 0 Å². The minimum Gasteiger partial charge on any atom is -0.508 e. The van der Waals surface area contributed by atoms with Crippen molar-refractivity contribution in [2.75, 3.05) is 6.54 Å². The lowest BCUT2D eigenvalue weighted by Gasteiger charge is -2.16. The lowest BCUT2D eigenvalue weighted by Crippen LogP contribution is -2.21. The van der Waals surface area contributed by atoms with Gasteiger partial charge in [0, 0.05) is 23.0 Å². The van der Waals surface area contributed by atoms with Crippen LogP contribution < -0.4 is 5.32 Å². The third-order valence-corrected chi connectivity index (χ3v) is 4.39. The van der Waals surface area contributed by atoms with Gasteiger partial charge in [-0.05, 0) is 38.5 Å². The second-order valence-corrected chi connectivity index (χ2v) is 6.49. The molecule has 19 heavy (non-hydrogen) atoms. The molecule has 0 amide bonds. The first-order valence-corrected chi connectivity index (χ1v) is 7.53. The molecule has 1 atom stereocenters. The maximum absolute atomic E-state index is 9.87. The molecule has 0 radical (unpaired) electrons. The number of aromatic hydroxyl groups is 1. The summed E-state index contributed by atoms with van der Waals surface area (Å²) in [5.41, 5.74) is 2.11. The molecule has 0 saturated carbocycles. The predicted octanol–water partition coefficient (Wildman–Crippen LogP) is 4.31. The van der Waals surface area contributed by atoms with Crippen molar-refractivity contribution in [3.05, 3.63) is 50.7 Å². The third-order valence-electron chi connectivity index (χ3n) is 3.10. The van der Waals surface area contributed by atoms with Gasteiger partial charge < -0.3 is 10.4 Å². The topological polar surface area (TPSA) is 32.3 Å². The number of hydrogen-bond donors (Lipinski definition) is 2. The lowest BCUT2D eigenvalue weighted by atomic mass is 10.0. The molecule has 0 aliphatic rings. The van der Waals surface area contributed by atoms with Crippen LogP contribution in [0.3, 0.4) is 0 Å². The molecule has 0 fully saturated rings. The van der Waals surface area contributed by atoms with Gasteiger partial charge in [0.15, 0.2) is 0 Å². The fourth-order valence-corrected chi connectivity index (χ4v) is 3.12. The van der Waals surface area contributed by atoms with Crippen molar-refractivity contribution in [3.8, 4) is 5.75 Å². The van der Waals surface area contributed by atoms with Crippen LogP contribution >= 0.6 is 22.9 Å². The van der Waals surface area contributed by atoms with E-state index >= 15 is 0 Å². The van der Waals surface area contributed by atoms with E-state index in [0.717, 1.165) is 28.4 Å². The van der Waals surface area contributed by atoms with E-state index in [0.29, 0.717) is 5.75 Å². The summed E-state index contributed by atoms with van der Waals surface area (Å²) in [6, 6.07) is 9.81. The minimum absolute atomic E-state index is 0.135. The van der Waals surface area contributed by atoms with Gasteiger partial charge in [0.05, 0.1) is 4.34 Å². The van der Waals surface area contributed by atoms with Crippen LogP contribution in [-0.4, -0.2) is 11.7 Å². The van der Waals surface area contributed by atoms with E-state index in [1.807, 2.05) is 25.1 Å². The molecule has 2 N–H and O–H groups in total. The number of nitrogens with one attached hydrogen (secondary N) is 1. The van der Waals surface area contributed by atoms with Gasteiger partial charge in [-0.2, -0.15) is 0 Å². The van der Waals surface area contributed by atoms with E-state index in [1.165, 1.54) is 4.88 Å². The highest BCUT2D eigenvalue weighted by Gasteiger charge is 2.10. The summed E-state index contributed by atoms with van der Waals surface area (Å²) in [4.78, 5) is 1.28. The van der Waals surface area contributed by atoms with Gasteiger partial charge in [-0.1, -0.05) is 29.3 Å². The van der Waals surface area contributed by atoms with E-state index in [1.54, 1.807) is 17.4 Å². The second kappa shape index (κ2) is 6.42. The normalized spacial score (nSPS) is 12.6. The van der Waals surface area contributed by atoms with Crippen molar-refractivity contribution in [1.82, 2.24) is 5.32 Å². The van der Waals surface area contributed by atoms with Crippen molar-refractivity contribution >= 4 is 22.9 Å². The summed E-state index contributed by atoms with van der Waals surface area (Å²) >= 11 is 7.52. The van der Waals surface area contributed by atoms with Crippen LogP contribution in [0.4, 0.5) is 0 Å². The van der Waals surface area contributed by atoms with Crippen molar-refractivity contribution in [2.45, 2.75) is 26.3 Å². The highest BCUT2D eigenvalue weighted by molar-refractivity contribution is 7.16. The first-order valence-electron chi connectivity index (χ1n) is 6.33. The number of rotatable bonds is 5. The Morgan fingerprint density at radius 1 is 1.32 bits per heavy atom. The Labute approximate surface area is 123 Å². The highest BCUT2D eigenvalue weighted by Crippen LogP contribution is 2.25. The zero-order valence-electron chi connectivity index (χ0n) is 11.1. The molecular formula is C15H18ClNOS. The molecule has 0 aliphatic heterocycles. The minimum atomic E-state index is 0.135. The summed E-state index contributed by atoms with van der Waals surface area (Å²) < 4.78 is 0.833. The van der Waals surface area contributed by atoms with Gasteiger partial charge in [0.25, 0.3) is 0 Å². The Kier molecular flexibility index (Phi) is 4.86. The second-order valence-electron chi connectivity index (χ2n) is 4.69. The maximum Gasteiger partial charge on any atom is 0.120 e. The quantitative estimate of drug-likeness (QED) is 0.861. The Morgan fingerprint density at radius 3 is 2.79 bits per heavy atom. The number of benzene rings is 1. The summed E-state index contributed by atoms with van der Waals surface area (Å²) in [5.74, 6) is 0.352. The SMILES string of the molecule is Cc1ccc(O)c(C(C)NCCc2ccc(Cl)s2)c1. The van der Waals surface area contributed by atoms with Crippen LogP contribution in [0.5, 0.6) is 5.75 Å². The number of halogens is 1. The molecular weight excluding hydrogens is 278 g/mol. The molecule has 0 spiro atoms. The zero-order chi connectivity index (χ0) is 13.8. The zero-order valence-corrected chi connectivity index (χ0v) is 12.7. The smallest absolute Gasteiger partial charge is 0.120 e. The lowest BCUT2D eigenvalue weighted by molar-refractivity contribution is 0.453. The molecule has 2 nitrogen and oxygen atoms in total. The number of phenols is 1. The summed E-state index contributed by atoms with van der Waals surface area (Å²) in [6.45, 7) is 4.96. The van der Waals surface area contributed by atoms with Gasteiger partial charge in [-0.3, -0.25) is 0 Å². The highest BCUT2D eigenvalue weighted by atomic mass is 35.5. The third kappa shape index (κ3) is 3.96. The Balaban J connectivity index is 1.90. The summed E-state index contributed by atoms with van der Waals surface area (Å²) in [6.07, 6.45) is 0.953. The van der Waals surface area contributed by atoms with E-state index < -0.39 is 0 Å². The van der Waals surface area contributed by atoms with Gasteiger partial charge in [0.2, 0.25) is 0 Å². The first-order chi connectivity index (χ1) is 9.06. The Morgan fingerprint density at radius 2 is 2.11 bits per heavy atom. The number of hydrogen-bond acceptors (Lipinski definition) is 3. The van der Waals surface area contributed by atoms with Gasteiger partial charge >= 0.3 is 0 Å². The maximum atomic E-state index is 9.87. The number of phenolic OH excluding ortho intramolecular Hbond substituents is 1. The molecule has 1 aromatic heterocycles. The summed E-state index contributed by atoms with van der Waals surface area (Å²) in [5, 5.41) is 13.3. The molecule has 1 aromatic carbocycles. The molecule has 1 heterocycles. The Bertz CT molecular complexity index is 553. The Hall–Kier alpha value is -1.03. The molecule has 2 aromatic rings. The van der Waals surface area contributed by atoms with Crippen molar-refractivity contribution in [1.29, 1.82) is 0 Å². The van der Waals surface area contributed by atoms with Gasteiger partial charge in [0.1, 0.15) is 5.75 Å². The molecule has 0 bridgehead atoms. The molecule has 0 aliphatic carbocycles. The van der Waals surface area contributed by atoms with Crippen molar-refractivity contribution < 1.29 is 5.11 Å². The van der Waals surface area contributed by atoms with Crippen LogP contribution in [-0.2, 0) is 6.42 Å². The molecule has 1 unspecified atom stereocenters. The average molecular weight is 296 g/mol. The largest absolute Gasteiger partial charge is 0.508 e. The first kappa shape index (κ1) is 14.4. The number of aryl methyl sites for hydroxylation is 1. The van der Waals surface area contributed by atoms with E-state index in [2.05, 4.69) is 18.3 Å². The molecule has 102 valence electrons. The van der Waals surface area contributed by atoms with E-state index in [-0.39, 0.29) is 6.04 Å². The predicted molar refractivity (Wildman–Crippen MR) is 82.3 cm³/mol.